The maximum absolute atomic E-state index is 13.9. The first-order chi connectivity index (χ1) is 13.5. The summed E-state index contributed by atoms with van der Waals surface area (Å²) < 4.78 is 13.9. The van der Waals surface area contributed by atoms with Gasteiger partial charge in [-0.3, -0.25) is 4.79 Å². The predicted molar refractivity (Wildman–Crippen MR) is 111 cm³/mol. The highest BCUT2D eigenvalue weighted by atomic mass is 19.1. The number of carbonyl (C=O) groups excluding carboxylic acids is 1. The van der Waals surface area contributed by atoms with Crippen molar-refractivity contribution in [2.24, 2.45) is 0 Å². The minimum atomic E-state index is -0.400. The number of fused-ring (bicyclic) bond motifs is 1. The molecule has 0 fully saturated rings. The molecule has 0 radical (unpaired) electrons. The quantitative estimate of drug-likeness (QED) is 0.487. The van der Waals surface area contributed by atoms with Gasteiger partial charge in [0.1, 0.15) is 5.82 Å². The Morgan fingerprint density at radius 2 is 1.71 bits per heavy atom. The average molecular weight is 370 g/mol. The summed E-state index contributed by atoms with van der Waals surface area (Å²) in [5.41, 5.74) is 5.30. The molecule has 28 heavy (non-hydrogen) atoms. The van der Waals surface area contributed by atoms with E-state index in [1.807, 2.05) is 62.4 Å². The molecule has 0 atom stereocenters. The van der Waals surface area contributed by atoms with Crippen molar-refractivity contribution < 1.29 is 9.18 Å². The van der Waals surface area contributed by atoms with Crippen LogP contribution in [0.5, 0.6) is 0 Å². The molecule has 3 nitrogen and oxygen atoms in total. The van der Waals surface area contributed by atoms with E-state index in [4.69, 9.17) is 0 Å². The van der Waals surface area contributed by atoms with Crippen LogP contribution < -0.4 is 5.32 Å². The van der Waals surface area contributed by atoms with Gasteiger partial charge in [0.2, 0.25) is 0 Å². The topological polar surface area (TPSA) is 42.0 Å². The number of amides is 1. The van der Waals surface area contributed by atoms with Crippen LogP contribution in [0.1, 0.15) is 21.5 Å². The van der Waals surface area contributed by atoms with Crippen LogP contribution in [0, 0.1) is 19.7 Å². The van der Waals surface area contributed by atoms with Crippen molar-refractivity contribution >= 4 is 22.5 Å². The number of rotatable bonds is 3. The lowest BCUT2D eigenvalue weighted by Crippen LogP contribution is -2.14. The van der Waals surface area contributed by atoms with Crippen LogP contribution in [0.25, 0.3) is 22.2 Å². The van der Waals surface area contributed by atoms with Gasteiger partial charge >= 0.3 is 0 Å². The SMILES string of the molecule is Cc1ccc(C)c(NC(=O)c2cc(-c3ccccc3)nc3ccc(F)cc23)c1. The van der Waals surface area contributed by atoms with Crippen LogP contribution in [-0.2, 0) is 0 Å². The fourth-order valence-corrected chi connectivity index (χ4v) is 3.20. The number of benzene rings is 3. The largest absolute Gasteiger partial charge is 0.322 e. The summed E-state index contributed by atoms with van der Waals surface area (Å²) in [7, 11) is 0. The number of nitrogens with one attached hydrogen (secondary N) is 1. The third kappa shape index (κ3) is 3.49. The van der Waals surface area contributed by atoms with Crippen LogP contribution in [0.3, 0.4) is 0 Å². The van der Waals surface area contributed by atoms with Gasteiger partial charge in [-0.2, -0.15) is 0 Å². The van der Waals surface area contributed by atoms with Gasteiger partial charge < -0.3 is 5.32 Å². The van der Waals surface area contributed by atoms with E-state index in [-0.39, 0.29) is 5.91 Å². The van der Waals surface area contributed by atoms with E-state index in [1.165, 1.54) is 12.1 Å². The molecule has 0 saturated heterocycles. The van der Waals surface area contributed by atoms with Crippen molar-refractivity contribution in [3.05, 3.63) is 95.3 Å². The number of aromatic nitrogens is 1. The van der Waals surface area contributed by atoms with Crippen LogP contribution >= 0.6 is 0 Å². The Hall–Kier alpha value is -3.53. The van der Waals surface area contributed by atoms with E-state index in [0.29, 0.717) is 22.2 Å². The van der Waals surface area contributed by atoms with E-state index in [1.54, 1.807) is 12.1 Å². The fourth-order valence-electron chi connectivity index (χ4n) is 3.20. The number of hydrogen-bond acceptors (Lipinski definition) is 2. The lowest BCUT2D eigenvalue weighted by atomic mass is 10.0. The highest BCUT2D eigenvalue weighted by Gasteiger charge is 2.16. The van der Waals surface area contributed by atoms with Crippen LogP contribution in [0.15, 0.2) is 72.8 Å². The van der Waals surface area contributed by atoms with Gasteiger partial charge in [-0.05, 0) is 55.3 Å². The van der Waals surface area contributed by atoms with Crippen molar-refractivity contribution in [1.82, 2.24) is 4.98 Å². The van der Waals surface area contributed by atoms with E-state index in [2.05, 4.69) is 10.3 Å². The van der Waals surface area contributed by atoms with E-state index >= 15 is 0 Å². The highest BCUT2D eigenvalue weighted by Crippen LogP contribution is 2.27. The van der Waals surface area contributed by atoms with Gasteiger partial charge in [-0.15, -0.1) is 0 Å². The number of anilines is 1. The molecular weight excluding hydrogens is 351 g/mol. The molecule has 4 rings (SSSR count). The summed E-state index contributed by atoms with van der Waals surface area (Å²) in [5, 5.41) is 3.46. The van der Waals surface area contributed by atoms with Crippen LogP contribution in [-0.4, -0.2) is 10.9 Å². The second-order valence-corrected chi connectivity index (χ2v) is 6.86. The Morgan fingerprint density at radius 3 is 2.50 bits per heavy atom. The monoisotopic (exact) mass is 370 g/mol. The van der Waals surface area contributed by atoms with Gasteiger partial charge in [-0.1, -0.05) is 42.5 Å². The average Bonchev–Trinajstić information content (AvgIpc) is 2.70. The molecule has 0 unspecified atom stereocenters. The molecule has 138 valence electrons. The molecule has 4 aromatic rings. The van der Waals surface area contributed by atoms with Crippen LogP contribution in [0.2, 0.25) is 0 Å². The number of carbonyl (C=O) groups is 1. The van der Waals surface area contributed by atoms with Gasteiger partial charge in [0.25, 0.3) is 5.91 Å². The third-order valence-corrected chi connectivity index (χ3v) is 4.73. The molecule has 1 heterocycles. The van der Waals surface area contributed by atoms with Crippen molar-refractivity contribution in [3.63, 3.8) is 0 Å². The molecule has 4 heteroatoms. The molecular formula is C24H19FN2O. The smallest absolute Gasteiger partial charge is 0.256 e. The normalized spacial score (nSPS) is 10.8. The molecule has 0 saturated carbocycles. The molecule has 1 aromatic heterocycles. The Labute approximate surface area is 162 Å². The number of pyridine rings is 1. The number of aryl methyl sites for hydroxylation is 2. The predicted octanol–water partition coefficient (Wildman–Crippen LogP) is 5.91. The molecule has 0 aliphatic rings. The van der Waals surface area contributed by atoms with Gasteiger partial charge in [-0.25, -0.2) is 9.37 Å². The maximum Gasteiger partial charge on any atom is 0.256 e. The second-order valence-electron chi connectivity index (χ2n) is 6.86. The molecule has 3 aromatic carbocycles. The minimum Gasteiger partial charge on any atom is -0.322 e. The molecule has 1 amide bonds. The Balaban J connectivity index is 1.85. The fraction of sp³-hybridized carbons (Fsp3) is 0.0833. The molecule has 0 bridgehead atoms. The number of hydrogen-bond donors (Lipinski definition) is 1. The van der Waals surface area contributed by atoms with Gasteiger partial charge in [0.05, 0.1) is 16.8 Å². The Kier molecular flexibility index (Phi) is 4.62. The zero-order valence-electron chi connectivity index (χ0n) is 15.7. The standard InChI is InChI=1S/C24H19FN2O/c1-15-8-9-16(2)22(12-15)27-24(28)20-14-23(17-6-4-3-5-7-17)26-21-11-10-18(25)13-19(20)21/h3-14H,1-2H3,(H,27,28). The van der Waals surface area contributed by atoms with Crippen LogP contribution in [0.4, 0.5) is 10.1 Å². The van der Waals surface area contributed by atoms with Crippen molar-refractivity contribution in [1.29, 1.82) is 0 Å². The zero-order chi connectivity index (χ0) is 19.7. The van der Waals surface area contributed by atoms with Gasteiger partial charge in [0.15, 0.2) is 0 Å². The van der Waals surface area contributed by atoms with Crippen molar-refractivity contribution in [3.8, 4) is 11.3 Å². The van der Waals surface area contributed by atoms with E-state index in [0.717, 1.165) is 22.4 Å². The first-order valence-electron chi connectivity index (χ1n) is 9.05. The summed E-state index contributed by atoms with van der Waals surface area (Å²) in [6.07, 6.45) is 0. The highest BCUT2D eigenvalue weighted by molar-refractivity contribution is 6.13. The summed E-state index contributed by atoms with van der Waals surface area (Å²) in [4.78, 5) is 17.7. The first-order valence-corrected chi connectivity index (χ1v) is 9.05. The third-order valence-electron chi connectivity index (χ3n) is 4.73. The summed E-state index contributed by atoms with van der Waals surface area (Å²) in [6.45, 7) is 3.91. The Bertz CT molecular complexity index is 1190. The molecule has 0 aliphatic carbocycles. The first kappa shape index (κ1) is 17.9. The lowest BCUT2D eigenvalue weighted by Gasteiger charge is -2.13. The zero-order valence-corrected chi connectivity index (χ0v) is 15.7. The van der Waals surface area contributed by atoms with Crippen molar-refractivity contribution in [2.75, 3.05) is 5.32 Å². The molecule has 1 N–H and O–H groups in total. The summed E-state index contributed by atoms with van der Waals surface area (Å²) in [5.74, 6) is -0.688. The summed E-state index contributed by atoms with van der Waals surface area (Å²) in [6, 6.07) is 21.6. The molecule has 0 aliphatic heterocycles. The maximum atomic E-state index is 13.9. The summed E-state index contributed by atoms with van der Waals surface area (Å²) >= 11 is 0. The van der Waals surface area contributed by atoms with Crippen molar-refractivity contribution in [2.45, 2.75) is 13.8 Å². The Morgan fingerprint density at radius 1 is 0.929 bits per heavy atom. The van der Waals surface area contributed by atoms with Gasteiger partial charge in [0, 0.05) is 16.6 Å². The number of nitrogens with zero attached hydrogens (tertiary/aromatic N) is 1. The molecule has 0 spiro atoms. The van der Waals surface area contributed by atoms with E-state index in [9.17, 15) is 9.18 Å². The second kappa shape index (κ2) is 7.24. The number of halogens is 1. The minimum absolute atomic E-state index is 0.288. The lowest BCUT2D eigenvalue weighted by molar-refractivity contribution is 0.102. The van der Waals surface area contributed by atoms with E-state index < -0.39 is 5.82 Å².